The number of nitrogens with zero attached hydrogens (tertiary/aromatic N) is 2. The molecule has 2 heterocycles. The highest BCUT2D eigenvalue weighted by molar-refractivity contribution is 7.13. The lowest BCUT2D eigenvalue weighted by Crippen LogP contribution is -2.01. The second kappa shape index (κ2) is 5.64. The molecule has 0 amide bonds. The monoisotopic (exact) mass is 305 g/mol. The molecule has 0 spiro atoms. The lowest BCUT2D eigenvalue weighted by Gasteiger charge is -2.08. The molecule has 0 fully saturated rings. The Labute approximate surface area is 125 Å². The van der Waals surface area contributed by atoms with Crippen LogP contribution in [0.2, 0.25) is 5.02 Å². The topological polar surface area (TPSA) is 51.0 Å². The number of hydrogen-bond donors (Lipinski definition) is 1. The van der Waals surface area contributed by atoms with Crippen molar-refractivity contribution in [1.82, 2.24) is 10.1 Å². The number of halogens is 1. The Morgan fingerprint density at radius 1 is 1.30 bits per heavy atom. The Hall–Kier alpha value is -1.85. The van der Waals surface area contributed by atoms with Gasteiger partial charge in [-0.3, -0.25) is 0 Å². The fraction of sp³-hybridized carbons (Fsp3) is 0.143. The minimum atomic E-state index is 0.472. The molecule has 6 heteroatoms. The van der Waals surface area contributed by atoms with E-state index in [0.29, 0.717) is 18.3 Å². The molecule has 1 N–H and O–H groups in total. The summed E-state index contributed by atoms with van der Waals surface area (Å²) < 4.78 is 5.23. The van der Waals surface area contributed by atoms with Gasteiger partial charge in [-0.25, -0.2) is 0 Å². The summed E-state index contributed by atoms with van der Waals surface area (Å²) in [5.74, 6) is 1.17. The highest BCUT2D eigenvalue weighted by Gasteiger charge is 2.09. The van der Waals surface area contributed by atoms with Crippen LogP contribution in [0.25, 0.3) is 10.7 Å². The highest BCUT2D eigenvalue weighted by atomic mass is 35.5. The predicted octanol–water partition coefficient (Wildman–Crippen LogP) is 4.37. The molecule has 1 aromatic carbocycles. The Morgan fingerprint density at radius 2 is 2.20 bits per heavy atom. The zero-order chi connectivity index (χ0) is 13.9. The van der Waals surface area contributed by atoms with Crippen molar-refractivity contribution in [3.63, 3.8) is 0 Å². The molecule has 0 aliphatic rings. The van der Waals surface area contributed by atoms with Gasteiger partial charge in [0.05, 0.1) is 11.4 Å². The first-order valence-electron chi connectivity index (χ1n) is 6.09. The van der Waals surface area contributed by atoms with E-state index in [1.807, 2.05) is 42.6 Å². The molecule has 2 aromatic heterocycles. The van der Waals surface area contributed by atoms with Gasteiger partial charge in [0, 0.05) is 10.7 Å². The number of anilines is 1. The predicted molar refractivity (Wildman–Crippen MR) is 81.1 cm³/mol. The number of rotatable bonds is 4. The molecule has 4 nitrogen and oxygen atoms in total. The van der Waals surface area contributed by atoms with Crippen molar-refractivity contribution in [2.24, 2.45) is 0 Å². The summed E-state index contributed by atoms with van der Waals surface area (Å²) >= 11 is 7.66. The average Bonchev–Trinajstić information content (AvgIpc) is 3.10. The summed E-state index contributed by atoms with van der Waals surface area (Å²) in [6.45, 7) is 2.44. The van der Waals surface area contributed by atoms with Crippen molar-refractivity contribution in [1.29, 1.82) is 0 Å². The van der Waals surface area contributed by atoms with Crippen molar-refractivity contribution in [3.05, 3.63) is 52.2 Å². The van der Waals surface area contributed by atoms with Crippen LogP contribution < -0.4 is 5.32 Å². The SMILES string of the molecule is Cc1c(Cl)cccc1NCc1nc(-c2cccs2)no1. The van der Waals surface area contributed by atoms with E-state index in [9.17, 15) is 0 Å². The van der Waals surface area contributed by atoms with E-state index in [0.717, 1.165) is 21.2 Å². The van der Waals surface area contributed by atoms with E-state index in [1.54, 1.807) is 11.3 Å². The van der Waals surface area contributed by atoms with E-state index in [2.05, 4.69) is 15.5 Å². The van der Waals surface area contributed by atoms with Crippen LogP contribution in [-0.4, -0.2) is 10.1 Å². The first kappa shape index (κ1) is 13.1. The minimum Gasteiger partial charge on any atom is -0.376 e. The lowest BCUT2D eigenvalue weighted by molar-refractivity contribution is 0.384. The molecule has 3 rings (SSSR count). The van der Waals surface area contributed by atoms with Crippen LogP contribution in [0, 0.1) is 6.92 Å². The van der Waals surface area contributed by atoms with Crippen LogP contribution in [0.3, 0.4) is 0 Å². The van der Waals surface area contributed by atoms with E-state index in [1.165, 1.54) is 0 Å². The minimum absolute atomic E-state index is 0.472. The molecule has 20 heavy (non-hydrogen) atoms. The first-order valence-corrected chi connectivity index (χ1v) is 7.35. The van der Waals surface area contributed by atoms with Crippen molar-refractivity contribution in [2.45, 2.75) is 13.5 Å². The molecule has 3 aromatic rings. The third kappa shape index (κ3) is 2.69. The molecule has 0 unspecified atom stereocenters. The van der Waals surface area contributed by atoms with Crippen molar-refractivity contribution >= 4 is 28.6 Å². The summed E-state index contributed by atoms with van der Waals surface area (Å²) in [6, 6.07) is 9.67. The summed E-state index contributed by atoms with van der Waals surface area (Å²) in [5, 5.41) is 9.94. The van der Waals surface area contributed by atoms with Crippen LogP contribution in [0.15, 0.2) is 40.2 Å². The van der Waals surface area contributed by atoms with Crippen LogP contribution in [0.4, 0.5) is 5.69 Å². The Bertz CT molecular complexity index is 709. The Kier molecular flexibility index (Phi) is 3.71. The van der Waals surface area contributed by atoms with Crippen molar-refractivity contribution < 1.29 is 4.52 Å². The second-order valence-corrected chi connectivity index (χ2v) is 5.61. The maximum Gasteiger partial charge on any atom is 0.246 e. The van der Waals surface area contributed by atoms with E-state index >= 15 is 0 Å². The highest BCUT2D eigenvalue weighted by Crippen LogP contribution is 2.24. The van der Waals surface area contributed by atoms with E-state index in [4.69, 9.17) is 16.1 Å². The number of benzene rings is 1. The molecular formula is C14H12ClN3OS. The van der Waals surface area contributed by atoms with Gasteiger partial charge in [-0.05, 0) is 36.1 Å². The van der Waals surface area contributed by atoms with Gasteiger partial charge in [0.15, 0.2) is 0 Å². The third-order valence-electron chi connectivity index (χ3n) is 2.91. The first-order chi connectivity index (χ1) is 9.74. The Morgan fingerprint density at radius 3 is 3.00 bits per heavy atom. The zero-order valence-electron chi connectivity index (χ0n) is 10.8. The maximum absolute atomic E-state index is 6.08. The fourth-order valence-corrected chi connectivity index (χ4v) is 2.63. The smallest absolute Gasteiger partial charge is 0.246 e. The standard InChI is InChI=1S/C14H12ClN3OS/c1-9-10(15)4-2-5-11(9)16-8-13-17-14(18-19-13)12-6-3-7-20-12/h2-7,16H,8H2,1H3. The molecule has 0 saturated heterocycles. The maximum atomic E-state index is 6.08. The van der Waals surface area contributed by atoms with E-state index in [-0.39, 0.29) is 0 Å². The van der Waals surface area contributed by atoms with Crippen LogP contribution >= 0.6 is 22.9 Å². The third-order valence-corrected chi connectivity index (χ3v) is 4.18. The number of thiophene rings is 1. The van der Waals surface area contributed by atoms with Crippen molar-refractivity contribution in [2.75, 3.05) is 5.32 Å². The van der Waals surface area contributed by atoms with Crippen LogP contribution in [0.5, 0.6) is 0 Å². The summed E-state index contributed by atoms with van der Waals surface area (Å²) in [5.41, 5.74) is 1.97. The molecule has 0 radical (unpaired) electrons. The van der Waals surface area contributed by atoms with Gasteiger partial charge in [-0.15, -0.1) is 11.3 Å². The number of aromatic nitrogens is 2. The van der Waals surface area contributed by atoms with Gasteiger partial charge in [-0.2, -0.15) is 4.98 Å². The molecule has 0 bridgehead atoms. The van der Waals surface area contributed by atoms with Crippen molar-refractivity contribution in [3.8, 4) is 10.7 Å². The van der Waals surface area contributed by atoms with Gasteiger partial charge in [0.2, 0.25) is 11.7 Å². The van der Waals surface area contributed by atoms with Crippen LogP contribution in [0.1, 0.15) is 11.5 Å². The molecule has 0 atom stereocenters. The van der Waals surface area contributed by atoms with E-state index < -0.39 is 0 Å². The molecule has 102 valence electrons. The van der Waals surface area contributed by atoms with Crippen LogP contribution in [-0.2, 0) is 6.54 Å². The molecular weight excluding hydrogens is 294 g/mol. The Balaban J connectivity index is 1.71. The van der Waals surface area contributed by atoms with Gasteiger partial charge < -0.3 is 9.84 Å². The molecule has 0 aliphatic carbocycles. The van der Waals surface area contributed by atoms with Gasteiger partial charge >= 0.3 is 0 Å². The molecule has 0 saturated carbocycles. The summed E-state index contributed by atoms with van der Waals surface area (Å²) in [4.78, 5) is 5.36. The lowest BCUT2D eigenvalue weighted by atomic mass is 10.2. The second-order valence-electron chi connectivity index (χ2n) is 4.25. The largest absolute Gasteiger partial charge is 0.376 e. The quantitative estimate of drug-likeness (QED) is 0.777. The van der Waals surface area contributed by atoms with Gasteiger partial charge in [0.1, 0.15) is 0 Å². The molecule has 0 aliphatic heterocycles. The summed E-state index contributed by atoms with van der Waals surface area (Å²) in [6.07, 6.45) is 0. The number of hydrogen-bond acceptors (Lipinski definition) is 5. The number of nitrogens with one attached hydrogen (secondary N) is 1. The fourth-order valence-electron chi connectivity index (χ4n) is 1.80. The summed E-state index contributed by atoms with van der Waals surface area (Å²) in [7, 11) is 0. The average molecular weight is 306 g/mol. The zero-order valence-corrected chi connectivity index (χ0v) is 12.3. The van der Waals surface area contributed by atoms with Gasteiger partial charge in [-0.1, -0.05) is 28.9 Å². The normalized spacial score (nSPS) is 10.7. The van der Waals surface area contributed by atoms with Gasteiger partial charge in [0.25, 0.3) is 0 Å².